The number of hydrogen-bond donors (Lipinski definition) is 2. The molecule has 0 saturated carbocycles. The predicted octanol–water partition coefficient (Wildman–Crippen LogP) is 3.69. The van der Waals surface area contributed by atoms with E-state index in [1.54, 1.807) is 0 Å². The highest BCUT2D eigenvalue weighted by molar-refractivity contribution is 7.92. The Morgan fingerprint density at radius 2 is 1.72 bits per heavy atom. The second kappa shape index (κ2) is 7.96. The highest BCUT2D eigenvalue weighted by atomic mass is 32.2. The third kappa shape index (κ3) is 4.83. The molecule has 8 nitrogen and oxygen atoms in total. The number of amides is 1. The first-order chi connectivity index (χ1) is 13.5. The summed E-state index contributed by atoms with van der Waals surface area (Å²) in [6.45, 7) is 8.12. The molecule has 0 radical (unpaired) electrons. The highest BCUT2D eigenvalue weighted by Crippen LogP contribution is 2.25. The van der Waals surface area contributed by atoms with E-state index in [1.807, 2.05) is 36.6 Å². The molecule has 1 amide bonds. The largest absolute Gasteiger partial charge is 0.318 e. The van der Waals surface area contributed by atoms with Crippen LogP contribution in [0.15, 0.2) is 30.3 Å². The number of nitrogens with one attached hydrogen (secondary N) is 2. The summed E-state index contributed by atoms with van der Waals surface area (Å²) in [5.41, 5.74) is 4.49. The van der Waals surface area contributed by atoms with E-state index in [1.165, 1.54) is 5.56 Å². The van der Waals surface area contributed by atoms with Gasteiger partial charge >= 0.3 is 0 Å². The molecule has 0 aliphatic rings. The van der Waals surface area contributed by atoms with Crippen LogP contribution in [0.3, 0.4) is 0 Å². The Labute approximate surface area is 174 Å². The molecule has 0 aliphatic carbocycles. The number of rotatable bonds is 6. The van der Waals surface area contributed by atoms with Crippen LogP contribution < -0.4 is 10.0 Å². The van der Waals surface area contributed by atoms with Gasteiger partial charge in [0.1, 0.15) is 0 Å². The van der Waals surface area contributed by atoms with Crippen molar-refractivity contribution in [2.24, 2.45) is 0 Å². The van der Waals surface area contributed by atoms with Crippen LogP contribution in [0.25, 0.3) is 5.69 Å². The Morgan fingerprint density at radius 3 is 2.31 bits per heavy atom. The van der Waals surface area contributed by atoms with Gasteiger partial charge in [-0.1, -0.05) is 37.3 Å². The van der Waals surface area contributed by atoms with Crippen LogP contribution in [0.2, 0.25) is 0 Å². The fourth-order valence-corrected chi connectivity index (χ4v) is 4.51. The van der Waals surface area contributed by atoms with E-state index in [9.17, 15) is 13.2 Å². The van der Waals surface area contributed by atoms with Crippen LogP contribution >= 0.6 is 11.3 Å². The quantitative estimate of drug-likeness (QED) is 0.617. The molecular formula is C19H23N5O3S2. The third-order valence-electron chi connectivity index (χ3n) is 4.41. The normalized spacial score (nSPS) is 11.7. The zero-order chi connectivity index (χ0) is 21.3. The average molecular weight is 434 g/mol. The van der Waals surface area contributed by atoms with E-state index >= 15 is 0 Å². The van der Waals surface area contributed by atoms with E-state index in [-0.39, 0.29) is 16.2 Å². The van der Waals surface area contributed by atoms with Gasteiger partial charge < -0.3 is 4.57 Å². The number of carbonyl (C=O) groups excluding carboxylic acids is 1. The number of sulfonamides is 1. The smallest absolute Gasteiger partial charge is 0.259 e. The van der Waals surface area contributed by atoms with Crippen molar-refractivity contribution in [2.75, 3.05) is 16.3 Å². The molecule has 0 spiro atoms. The van der Waals surface area contributed by atoms with Crippen molar-refractivity contribution in [1.82, 2.24) is 14.8 Å². The molecule has 0 saturated heterocycles. The minimum atomic E-state index is -3.45. The lowest BCUT2D eigenvalue weighted by Gasteiger charge is -2.12. The molecule has 3 rings (SSSR count). The van der Waals surface area contributed by atoms with E-state index in [2.05, 4.69) is 46.2 Å². The van der Waals surface area contributed by atoms with Gasteiger partial charge in [0.05, 0.1) is 11.8 Å². The van der Waals surface area contributed by atoms with Crippen LogP contribution in [-0.4, -0.2) is 35.3 Å². The Kier molecular flexibility index (Phi) is 5.76. The Hall–Kier alpha value is -2.72. The molecule has 0 atom stereocenters. The van der Waals surface area contributed by atoms with Crippen molar-refractivity contribution in [1.29, 1.82) is 0 Å². The summed E-state index contributed by atoms with van der Waals surface area (Å²) in [7, 11) is -3.45. The zero-order valence-electron chi connectivity index (χ0n) is 16.8. The van der Waals surface area contributed by atoms with E-state index in [0.29, 0.717) is 11.5 Å². The fraction of sp³-hybridized carbons (Fsp3) is 0.316. The monoisotopic (exact) mass is 433 g/mol. The van der Waals surface area contributed by atoms with Gasteiger partial charge in [0.2, 0.25) is 20.3 Å². The van der Waals surface area contributed by atoms with Crippen LogP contribution in [0.4, 0.5) is 10.3 Å². The van der Waals surface area contributed by atoms with Gasteiger partial charge in [-0.3, -0.25) is 14.8 Å². The second-order valence-corrected chi connectivity index (χ2v) is 9.83. The summed E-state index contributed by atoms with van der Waals surface area (Å²) < 4.78 is 26.8. The first-order valence-corrected chi connectivity index (χ1v) is 11.7. The number of hydrogen-bond acceptors (Lipinski definition) is 6. The number of nitrogens with zero attached hydrogens (tertiary/aromatic N) is 3. The molecule has 2 N–H and O–H groups in total. The molecule has 29 heavy (non-hydrogen) atoms. The second-order valence-electron chi connectivity index (χ2n) is 7.11. The topological polar surface area (TPSA) is 106 Å². The van der Waals surface area contributed by atoms with Gasteiger partial charge in [0.15, 0.2) is 0 Å². The van der Waals surface area contributed by atoms with Gasteiger partial charge in [-0.2, -0.15) is 0 Å². The first kappa shape index (κ1) is 21.0. The maximum atomic E-state index is 12.7. The van der Waals surface area contributed by atoms with Crippen molar-refractivity contribution >= 4 is 37.5 Å². The van der Waals surface area contributed by atoms with Crippen LogP contribution in [0.1, 0.15) is 47.1 Å². The summed E-state index contributed by atoms with van der Waals surface area (Å²) in [5.74, 6) is 0.122. The minimum absolute atomic E-state index is 0.0958. The van der Waals surface area contributed by atoms with Gasteiger partial charge in [-0.05, 0) is 43.5 Å². The van der Waals surface area contributed by atoms with Crippen LogP contribution in [0.5, 0.6) is 0 Å². The molecule has 1 aromatic carbocycles. The lowest BCUT2D eigenvalue weighted by atomic mass is 10.0. The number of carbonyl (C=O) groups is 1. The van der Waals surface area contributed by atoms with E-state index in [4.69, 9.17) is 0 Å². The van der Waals surface area contributed by atoms with Crippen molar-refractivity contribution in [3.8, 4) is 5.69 Å². The summed E-state index contributed by atoms with van der Waals surface area (Å²) >= 11 is 0.949. The van der Waals surface area contributed by atoms with Gasteiger partial charge in [0, 0.05) is 17.1 Å². The van der Waals surface area contributed by atoms with Crippen molar-refractivity contribution in [3.63, 3.8) is 0 Å². The molecule has 10 heteroatoms. The van der Waals surface area contributed by atoms with Crippen LogP contribution in [0, 0.1) is 13.8 Å². The van der Waals surface area contributed by atoms with E-state index < -0.39 is 10.0 Å². The number of anilines is 2. The maximum Gasteiger partial charge on any atom is 0.259 e. The SMILES string of the molecule is Cc1cc(C(=O)Nc2nnc(NS(C)(=O)=O)s2)c(C)n1-c1ccc(C(C)C)cc1. The molecule has 2 aromatic heterocycles. The molecule has 0 unspecified atom stereocenters. The summed E-state index contributed by atoms with van der Waals surface area (Å²) in [6.07, 6.45) is 1.02. The lowest BCUT2D eigenvalue weighted by molar-refractivity contribution is 0.102. The lowest BCUT2D eigenvalue weighted by Crippen LogP contribution is -2.13. The summed E-state index contributed by atoms with van der Waals surface area (Å²) in [6, 6.07) is 10.1. The third-order valence-corrected chi connectivity index (χ3v) is 5.86. The standard InChI is InChI=1S/C19H23N5O3S2/c1-11(2)14-6-8-15(9-7-14)24-12(3)10-16(13(24)4)17(25)20-18-21-22-19(28-18)23-29(5,26)27/h6-11H,1-5H3,(H,22,23)(H,20,21,25). The molecule has 0 aliphatic heterocycles. The maximum absolute atomic E-state index is 12.7. The Morgan fingerprint density at radius 1 is 1.10 bits per heavy atom. The van der Waals surface area contributed by atoms with Crippen molar-refractivity contribution < 1.29 is 13.2 Å². The molecular weight excluding hydrogens is 410 g/mol. The van der Waals surface area contributed by atoms with Gasteiger partial charge in [0.25, 0.3) is 5.91 Å². The molecule has 0 bridgehead atoms. The number of benzene rings is 1. The fourth-order valence-electron chi connectivity index (χ4n) is 3.04. The molecule has 154 valence electrons. The predicted molar refractivity (Wildman–Crippen MR) is 116 cm³/mol. The van der Waals surface area contributed by atoms with Gasteiger partial charge in [-0.15, -0.1) is 10.2 Å². The number of aryl methyl sites for hydroxylation is 1. The average Bonchev–Trinajstić information content (AvgIpc) is 3.17. The molecule has 2 heterocycles. The minimum Gasteiger partial charge on any atom is -0.318 e. The number of aromatic nitrogens is 3. The Bertz CT molecular complexity index is 1150. The van der Waals surface area contributed by atoms with Crippen molar-refractivity contribution in [3.05, 3.63) is 52.8 Å². The van der Waals surface area contributed by atoms with Gasteiger partial charge in [-0.25, -0.2) is 8.42 Å². The molecule has 3 aromatic rings. The molecule has 0 fully saturated rings. The summed E-state index contributed by atoms with van der Waals surface area (Å²) in [5, 5.41) is 10.5. The Balaban J connectivity index is 1.83. The van der Waals surface area contributed by atoms with Crippen LogP contribution in [-0.2, 0) is 10.0 Å². The zero-order valence-corrected chi connectivity index (χ0v) is 18.5. The summed E-state index contributed by atoms with van der Waals surface area (Å²) in [4.78, 5) is 12.7. The highest BCUT2D eigenvalue weighted by Gasteiger charge is 2.19. The first-order valence-electron chi connectivity index (χ1n) is 8.97. The van der Waals surface area contributed by atoms with Crippen molar-refractivity contribution in [2.45, 2.75) is 33.6 Å². The van der Waals surface area contributed by atoms with E-state index in [0.717, 1.165) is 34.7 Å².